The van der Waals surface area contributed by atoms with E-state index in [1.54, 1.807) is 7.05 Å². The van der Waals surface area contributed by atoms with Gasteiger partial charge >= 0.3 is 0 Å². The Morgan fingerprint density at radius 1 is 1.31 bits per heavy atom. The lowest BCUT2D eigenvalue weighted by Crippen LogP contribution is -2.26. The fraction of sp³-hybridized carbons (Fsp3) is 0.385. The second-order valence-electron chi connectivity index (χ2n) is 4.32. The summed E-state index contributed by atoms with van der Waals surface area (Å²) in [6.45, 7) is 2.03. The zero-order chi connectivity index (χ0) is 11.7. The lowest BCUT2D eigenvalue weighted by atomic mass is 9.95. The Kier molecular flexibility index (Phi) is 2.77. The topological polar surface area (TPSA) is 37.4 Å². The first kappa shape index (κ1) is 10.9. The zero-order valence-electron chi connectivity index (χ0n) is 9.56. The summed E-state index contributed by atoms with van der Waals surface area (Å²) in [5, 5.41) is 0. The van der Waals surface area contributed by atoms with Crippen LogP contribution in [0.3, 0.4) is 0 Å². The number of aryl methyl sites for hydroxylation is 1. The lowest BCUT2D eigenvalue weighted by molar-refractivity contribution is -0.137. The van der Waals surface area contributed by atoms with Crippen molar-refractivity contribution in [2.75, 3.05) is 7.05 Å². The number of rotatable bonds is 2. The monoisotopic (exact) mass is 217 g/mol. The van der Waals surface area contributed by atoms with E-state index < -0.39 is 0 Å². The van der Waals surface area contributed by atoms with E-state index in [4.69, 9.17) is 0 Å². The molecule has 1 aliphatic heterocycles. The first-order valence-electron chi connectivity index (χ1n) is 5.44. The molecule has 0 N–H and O–H groups in total. The molecule has 2 amide bonds. The number of hydrogen-bond donors (Lipinski definition) is 0. The summed E-state index contributed by atoms with van der Waals surface area (Å²) in [5.74, 6) is -0.282. The smallest absolute Gasteiger partial charge is 0.232 e. The van der Waals surface area contributed by atoms with E-state index in [0.717, 1.165) is 5.56 Å². The Balaban J connectivity index is 2.15. The van der Waals surface area contributed by atoms with Crippen LogP contribution in [0.1, 0.15) is 17.5 Å². The van der Waals surface area contributed by atoms with Gasteiger partial charge in [-0.05, 0) is 24.5 Å². The number of amides is 2. The predicted molar refractivity (Wildman–Crippen MR) is 60.8 cm³/mol. The standard InChI is InChI=1S/C13H15NO2/c1-9-5-3-4-6-10(9)7-11-8-12(15)14(2)13(11)16/h3-6,11H,7-8H2,1-2H3. The number of imide groups is 1. The van der Waals surface area contributed by atoms with E-state index in [1.807, 2.05) is 31.2 Å². The van der Waals surface area contributed by atoms with Gasteiger partial charge in [0.05, 0.1) is 5.92 Å². The Labute approximate surface area is 95.1 Å². The molecule has 0 aliphatic carbocycles. The molecule has 0 radical (unpaired) electrons. The van der Waals surface area contributed by atoms with Crippen LogP contribution in [0, 0.1) is 12.8 Å². The molecule has 1 atom stereocenters. The fourth-order valence-electron chi connectivity index (χ4n) is 2.10. The maximum atomic E-state index is 11.7. The second-order valence-corrected chi connectivity index (χ2v) is 4.32. The third kappa shape index (κ3) is 1.85. The van der Waals surface area contributed by atoms with Crippen molar-refractivity contribution in [1.29, 1.82) is 0 Å². The van der Waals surface area contributed by atoms with Crippen LogP contribution >= 0.6 is 0 Å². The van der Waals surface area contributed by atoms with Gasteiger partial charge in [0.1, 0.15) is 0 Å². The number of nitrogens with zero attached hydrogens (tertiary/aromatic N) is 1. The minimum Gasteiger partial charge on any atom is -0.285 e. The number of hydrogen-bond acceptors (Lipinski definition) is 2. The maximum Gasteiger partial charge on any atom is 0.232 e. The third-order valence-electron chi connectivity index (χ3n) is 3.20. The summed E-state index contributed by atoms with van der Waals surface area (Å²) in [6.07, 6.45) is 1.02. The predicted octanol–water partition coefficient (Wildman–Crippen LogP) is 1.54. The Bertz CT molecular complexity index is 439. The maximum absolute atomic E-state index is 11.7. The Morgan fingerprint density at radius 3 is 2.56 bits per heavy atom. The van der Waals surface area contributed by atoms with E-state index in [1.165, 1.54) is 10.5 Å². The molecule has 1 saturated heterocycles. The molecule has 16 heavy (non-hydrogen) atoms. The highest BCUT2D eigenvalue weighted by atomic mass is 16.2. The van der Waals surface area contributed by atoms with Gasteiger partial charge in [0.2, 0.25) is 11.8 Å². The minimum absolute atomic E-state index is 0.0479. The molecule has 1 fully saturated rings. The summed E-state index contributed by atoms with van der Waals surface area (Å²) >= 11 is 0. The molecule has 1 aliphatic rings. The number of likely N-dealkylation sites (tertiary alicyclic amines) is 1. The van der Waals surface area contributed by atoms with Gasteiger partial charge in [-0.1, -0.05) is 24.3 Å². The lowest BCUT2D eigenvalue weighted by Gasteiger charge is -2.10. The van der Waals surface area contributed by atoms with Crippen LogP contribution in [0.4, 0.5) is 0 Å². The van der Waals surface area contributed by atoms with E-state index >= 15 is 0 Å². The van der Waals surface area contributed by atoms with Gasteiger partial charge in [-0.2, -0.15) is 0 Å². The molecule has 1 aromatic carbocycles. The molecule has 84 valence electrons. The normalized spacial score (nSPS) is 20.6. The summed E-state index contributed by atoms with van der Waals surface area (Å²) < 4.78 is 0. The highest BCUT2D eigenvalue weighted by Crippen LogP contribution is 2.23. The average molecular weight is 217 g/mol. The Morgan fingerprint density at radius 2 is 2.00 bits per heavy atom. The number of carbonyl (C=O) groups excluding carboxylic acids is 2. The fourth-order valence-corrected chi connectivity index (χ4v) is 2.10. The highest BCUT2D eigenvalue weighted by Gasteiger charge is 2.35. The summed E-state index contributed by atoms with van der Waals surface area (Å²) in [7, 11) is 1.56. The van der Waals surface area contributed by atoms with Crippen LogP contribution in [0.5, 0.6) is 0 Å². The van der Waals surface area contributed by atoms with E-state index in [0.29, 0.717) is 12.8 Å². The molecule has 1 unspecified atom stereocenters. The minimum atomic E-state index is -0.168. The van der Waals surface area contributed by atoms with Crippen molar-refractivity contribution in [3.63, 3.8) is 0 Å². The van der Waals surface area contributed by atoms with E-state index in [9.17, 15) is 9.59 Å². The SMILES string of the molecule is Cc1ccccc1CC1CC(=O)N(C)C1=O. The molecular weight excluding hydrogens is 202 g/mol. The van der Waals surface area contributed by atoms with Crippen molar-refractivity contribution >= 4 is 11.8 Å². The third-order valence-corrected chi connectivity index (χ3v) is 3.20. The van der Waals surface area contributed by atoms with Gasteiger partial charge in [0, 0.05) is 13.5 Å². The molecule has 0 spiro atoms. The van der Waals surface area contributed by atoms with E-state index in [2.05, 4.69) is 0 Å². The van der Waals surface area contributed by atoms with Gasteiger partial charge in [-0.3, -0.25) is 14.5 Å². The van der Waals surface area contributed by atoms with Crippen molar-refractivity contribution in [1.82, 2.24) is 4.90 Å². The molecule has 1 heterocycles. The van der Waals surface area contributed by atoms with Gasteiger partial charge < -0.3 is 0 Å². The molecule has 0 saturated carbocycles. The molecule has 3 nitrogen and oxygen atoms in total. The van der Waals surface area contributed by atoms with Gasteiger partial charge in [0.15, 0.2) is 0 Å². The number of carbonyl (C=O) groups is 2. The molecule has 0 bridgehead atoms. The first-order valence-corrected chi connectivity index (χ1v) is 5.44. The van der Waals surface area contributed by atoms with Crippen molar-refractivity contribution < 1.29 is 9.59 Å². The number of benzene rings is 1. The highest BCUT2D eigenvalue weighted by molar-refractivity contribution is 6.03. The van der Waals surface area contributed by atoms with Crippen LogP contribution in [-0.2, 0) is 16.0 Å². The van der Waals surface area contributed by atoms with Gasteiger partial charge in [-0.25, -0.2) is 0 Å². The quantitative estimate of drug-likeness (QED) is 0.705. The molecule has 1 aromatic rings. The van der Waals surface area contributed by atoms with Crippen LogP contribution in [-0.4, -0.2) is 23.8 Å². The van der Waals surface area contributed by atoms with Crippen LogP contribution in [0.25, 0.3) is 0 Å². The summed E-state index contributed by atoms with van der Waals surface area (Å²) in [4.78, 5) is 24.4. The largest absolute Gasteiger partial charge is 0.285 e. The first-order chi connectivity index (χ1) is 7.59. The van der Waals surface area contributed by atoms with Crippen molar-refractivity contribution in [3.05, 3.63) is 35.4 Å². The molecular formula is C13H15NO2. The second kappa shape index (κ2) is 4.08. The molecule has 3 heteroatoms. The van der Waals surface area contributed by atoms with Crippen LogP contribution < -0.4 is 0 Å². The zero-order valence-corrected chi connectivity index (χ0v) is 9.56. The van der Waals surface area contributed by atoms with Crippen molar-refractivity contribution in [3.8, 4) is 0 Å². The van der Waals surface area contributed by atoms with Crippen molar-refractivity contribution in [2.24, 2.45) is 5.92 Å². The van der Waals surface area contributed by atoms with Gasteiger partial charge in [-0.15, -0.1) is 0 Å². The van der Waals surface area contributed by atoms with Crippen LogP contribution in [0.15, 0.2) is 24.3 Å². The Hall–Kier alpha value is -1.64. The average Bonchev–Trinajstić information content (AvgIpc) is 2.50. The molecule has 2 rings (SSSR count). The summed E-state index contributed by atoms with van der Waals surface area (Å²) in [5.41, 5.74) is 2.33. The van der Waals surface area contributed by atoms with Crippen LogP contribution in [0.2, 0.25) is 0 Å². The van der Waals surface area contributed by atoms with Gasteiger partial charge in [0.25, 0.3) is 0 Å². The van der Waals surface area contributed by atoms with Crippen molar-refractivity contribution in [2.45, 2.75) is 19.8 Å². The van der Waals surface area contributed by atoms with E-state index in [-0.39, 0.29) is 17.7 Å². The summed E-state index contributed by atoms with van der Waals surface area (Å²) in [6, 6.07) is 7.99. The molecule has 0 aromatic heterocycles.